The summed E-state index contributed by atoms with van der Waals surface area (Å²) in [4.78, 5) is 25.7. The Labute approximate surface area is 130 Å². The summed E-state index contributed by atoms with van der Waals surface area (Å²) in [6, 6.07) is 1.74. The van der Waals surface area contributed by atoms with Gasteiger partial charge >= 0.3 is 12.1 Å². The zero-order valence-electron chi connectivity index (χ0n) is 13.5. The van der Waals surface area contributed by atoms with Gasteiger partial charge in [-0.15, -0.1) is 0 Å². The van der Waals surface area contributed by atoms with Crippen molar-refractivity contribution in [1.82, 2.24) is 9.47 Å². The van der Waals surface area contributed by atoms with E-state index in [0.717, 1.165) is 11.4 Å². The first kappa shape index (κ1) is 16.4. The second-order valence-corrected chi connectivity index (χ2v) is 6.25. The molecule has 1 amide bonds. The van der Waals surface area contributed by atoms with E-state index in [1.807, 2.05) is 25.3 Å². The molecule has 2 rings (SSSR count). The Hall–Kier alpha value is -2.02. The highest BCUT2D eigenvalue weighted by molar-refractivity contribution is 5.91. The lowest BCUT2D eigenvalue weighted by molar-refractivity contribution is 0.0195. The quantitative estimate of drug-likeness (QED) is 0.836. The van der Waals surface area contributed by atoms with E-state index in [-0.39, 0.29) is 6.09 Å². The molecule has 0 unspecified atom stereocenters. The Bertz CT molecular complexity index is 586. The van der Waals surface area contributed by atoms with Gasteiger partial charge in [0, 0.05) is 25.3 Å². The predicted octanol–water partition coefficient (Wildman–Crippen LogP) is 1.48. The summed E-state index contributed by atoms with van der Waals surface area (Å²) >= 11 is 0. The summed E-state index contributed by atoms with van der Waals surface area (Å²) in [6.07, 6.45) is -0.384. The molecule has 0 saturated heterocycles. The molecule has 0 radical (unpaired) electrons. The van der Waals surface area contributed by atoms with Crippen LogP contribution in [0.5, 0.6) is 0 Å². The number of fused-ring (bicyclic) bond motifs is 1. The molecule has 1 aromatic rings. The summed E-state index contributed by atoms with van der Waals surface area (Å²) < 4.78 is 12.2. The van der Waals surface area contributed by atoms with Crippen molar-refractivity contribution in [1.29, 1.82) is 0 Å². The zero-order valence-corrected chi connectivity index (χ0v) is 13.5. The molecule has 1 aliphatic rings. The van der Waals surface area contributed by atoms with Gasteiger partial charge in [-0.2, -0.15) is 0 Å². The zero-order chi connectivity index (χ0) is 16.5. The molecular formula is C15H23N3O4. The van der Waals surface area contributed by atoms with Gasteiger partial charge in [-0.3, -0.25) is 0 Å². The second kappa shape index (κ2) is 6.00. The van der Waals surface area contributed by atoms with Gasteiger partial charge in [0.1, 0.15) is 5.60 Å². The first-order chi connectivity index (χ1) is 10.3. The van der Waals surface area contributed by atoms with Gasteiger partial charge in [0.15, 0.2) is 0 Å². The van der Waals surface area contributed by atoms with Crippen LogP contribution in [0.25, 0.3) is 0 Å². The van der Waals surface area contributed by atoms with Crippen LogP contribution >= 0.6 is 0 Å². The monoisotopic (exact) mass is 309 g/mol. The fourth-order valence-electron chi connectivity index (χ4n) is 2.51. The van der Waals surface area contributed by atoms with Crippen LogP contribution in [0.4, 0.5) is 4.79 Å². The molecule has 1 aliphatic heterocycles. The van der Waals surface area contributed by atoms with Gasteiger partial charge in [0.2, 0.25) is 0 Å². The van der Waals surface area contributed by atoms with E-state index in [9.17, 15) is 9.59 Å². The number of esters is 1. The van der Waals surface area contributed by atoms with Crippen LogP contribution in [0.1, 0.15) is 42.5 Å². The number of ether oxygens (including phenoxy) is 2. The summed E-state index contributed by atoms with van der Waals surface area (Å²) in [5, 5.41) is 0. The van der Waals surface area contributed by atoms with Crippen LogP contribution in [0, 0.1) is 0 Å². The van der Waals surface area contributed by atoms with E-state index in [1.165, 1.54) is 7.11 Å². The molecular weight excluding hydrogens is 286 g/mol. The lowest BCUT2D eigenvalue weighted by Gasteiger charge is -2.32. The molecule has 0 aromatic carbocycles. The second-order valence-electron chi connectivity index (χ2n) is 6.25. The fraction of sp³-hybridized carbons (Fsp3) is 0.600. The Morgan fingerprint density at radius 3 is 2.55 bits per heavy atom. The molecule has 0 fully saturated rings. The van der Waals surface area contributed by atoms with Crippen molar-refractivity contribution in [2.24, 2.45) is 5.73 Å². The normalized spacial score (nSPS) is 14.5. The number of amides is 1. The van der Waals surface area contributed by atoms with Gasteiger partial charge < -0.3 is 24.7 Å². The van der Waals surface area contributed by atoms with Crippen LogP contribution in [0.15, 0.2) is 6.07 Å². The van der Waals surface area contributed by atoms with Crippen molar-refractivity contribution in [2.45, 2.75) is 46.0 Å². The Morgan fingerprint density at radius 2 is 2.00 bits per heavy atom. The van der Waals surface area contributed by atoms with Gasteiger partial charge in [-0.1, -0.05) is 0 Å². The van der Waals surface area contributed by atoms with Crippen molar-refractivity contribution in [2.75, 3.05) is 13.7 Å². The van der Waals surface area contributed by atoms with Gasteiger partial charge in [0.25, 0.3) is 0 Å². The minimum absolute atomic E-state index is 0.305. The number of rotatable bonds is 2. The molecule has 0 spiro atoms. The van der Waals surface area contributed by atoms with Crippen LogP contribution in [0.2, 0.25) is 0 Å². The van der Waals surface area contributed by atoms with E-state index >= 15 is 0 Å². The van der Waals surface area contributed by atoms with E-state index in [2.05, 4.69) is 0 Å². The summed E-state index contributed by atoms with van der Waals surface area (Å²) in [6.45, 7) is 7.20. The predicted molar refractivity (Wildman–Crippen MR) is 80.3 cm³/mol. The highest BCUT2D eigenvalue weighted by atomic mass is 16.6. The van der Waals surface area contributed by atoms with Crippen molar-refractivity contribution >= 4 is 12.1 Å². The fourth-order valence-corrected chi connectivity index (χ4v) is 2.51. The Morgan fingerprint density at radius 1 is 1.32 bits per heavy atom. The van der Waals surface area contributed by atoms with Gasteiger partial charge in [0.05, 0.1) is 24.9 Å². The average molecular weight is 309 g/mol. The van der Waals surface area contributed by atoms with Crippen molar-refractivity contribution < 1.29 is 19.1 Å². The molecule has 22 heavy (non-hydrogen) atoms. The van der Waals surface area contributed by atoms with Gasteiger partial charge in [-0.05, 0) is 26.8 Å². The number of nitrogens with zero attached hydrogens (tertiary/aromatic N) is 2. The summed E-state index contributed by atoms with van der Waals surface area (Å²) in [5.74, 6) is -0.422. The molecule has 0 bridgehead atoms. The van der Waals surface area contributed by atoms with Crippen molar-refractivity contribution in [3.63, 3.8) is 0 Å². The maximum absolute atomic E-state index is 12.2. The minimum atomic E-state index is -0.551. The number of aromatic nitrogens is 1. The van der Waals surface area contributed by atoms with E-state index in [0.29, 0.717) is 31.7 Å². The van der Waals surface area contributed by atoms with Crippen molar-refractivity contribution in [3.05, 3.63) is 23.0 Å². The third-order valence-electron chi connectivity index (χ3n) is 3.49. The number of methoxy groups -OCH3 is 1. The molecule has 0 aliphatic carbocycles. The Balaban J connectivity index is 2.27. The van der Waals surface area contributed by atoms with Gasteiger partial charge in [-0.25, -0.2) is 9.59 Å². The van der Waals surface area contributed by atoms with E-state index < -0.39 is 11.6 Å². The number of hydrogen-bond donors (Lipinski definition) is 1. The highest BCUT2D eigenvalue weighted by Gasteiger charge is 2.30. The maximum atomic E-state index is 12.2. The maximum Gasteiger partial charge on any atom is 0.410 e. The third kappa shape index (κ3) is 3.24. The number of carbonyl (C=O) groups excluding carboxylic acids is 2. The van der Waals surface area contributed by atoms with Crippen LogP contribution in [-0.4, -0.2) is 40.8 Å². The first-order valence-corrected chi connectivity index (χ1v) is 7.24. The lowest BCUT2D eigenvalue weighted by Crippen LogP contribution is -2.42. The number of hydrogen-bond acceptors (Lipinski definition) is 5. The van der Waals surface area contributed by atoms with Crippen LogP contribution in [-0.2, 0) is 29.1 Å². The first-order valence-electron chi connectivity index (χ1n) is 7.24. The largest absolute Gasteiger partial charge is 0.465 e. The lowest BCUT2D eigenvalue weighted by atomic mass is 10.2. The van der Waals surface area contributed by atoms with Crippen LogP contribution in [0.3, 0.4) is 0 Å². The number of carbonyl (C=O) groups is 2. The smallest absolute Gasteiger partial charge is 0.410 e. The topological polar surface area (TPSA) is 86.8 Å². The SMILES string of the molecule is COC(=O)c1cc(CN)n2c1CN(C(=O)OC(C)(C)C)CC2. The Kier molecular flexibility index (Phi) is 4.46. The molecule has 7 nitrogen and oxygen atoms in total. The molecule has 2 N–H and O–H groups in total. The average Bonchev–Trinajstić information content (AvgIpc) is 2.82. The molecule has 122 valence electrons. The summed E-state index contributed by atoms with van der Waals surface area (Å²) in [7, 11) is 1.34. The standard InChI is InChI=1S/C15H23N3O4/c1-15(2,3)22-14(20)17-5-6-18-10(8-16)7-11(12(18)9-17)13(19)21-4/h7H,5-6,8-9,16H2,1-4H3. The summed E-state index contributed by atoms with van der Waals surface area (Å²) in [5.41, 5.74) is 7.23. The highest BCUT2D eigenvalue weighted by Crippen LogP contribution is 2.24. The van der Waals surface area contributed by atoms with E-state index in [1.54, 1.807) is 11.0 Å². The van der Waals surface area contributed by atoms with Crippen molar-refractivity contribution in [3.8, 4) is 0 Å². The molecule has 7 heteroatoms. The molecule has 0 saturated carbocycles. The third-order valence-corrected chi connectivity index (χ3v) is 3.49. The molecule has 2 heterocycles. The van der Waals surface area contributed by atoms with E-state index in [4.69, 9.17) is 15.2 Å². The van der Waals surface area contributed by atoms with Crippen LogP contribution < -0.4 is 5.73 Å². The molecule has 1 aromatic heterocycles. The minimum Gasteiger partial charge on any atom is -0.465 e. The molecule has 0 atom stereocenters. The number of nitrogens with two attached hydrogens (primary N) is 1.